The van der Waals surface area contributed by atoms with Crippen LogP contribution in [0.4, 0.5) is 0 Å². The third-order valence-corrected chi connectivity index (χ3v) is 5.67. The summed E-state index contributed by atoms with van der Waals surface area (Å²) in [7, 11) is 1.95. The molecule has 2 aliphatic rings. The number of allylic oxidation sites excluding steroid dienone is 2. The topological polar surface area (TPSA) is 9.23 Å². The molecule has 2 fully saturated rings. The van der Waals surface area contributed by atoms with E-state index in [4.69, 9.17) is 4.65 Å². The van der Waals surface area contributed by atoms with Gasteiger partial charge in [0.1, 0.15) is 0 Å². The quantitative estimate of drug-likeness (QED) is 0.401. The van der Waals surface area contributed by atoms with Crippen molar-refractivity contribution in [1.82, 2.24) is 0 Å². The fourth-order valence-electron chi connectivity index (χ4n) is 4.46. The molecule has 0 atom stereocenters. The molecule has 2 heteroatoms. The van der Waals surface area contributed by atoms with E-state index in [9.17, 15) is 0 Å². The van der Waals surface area contributed by atoms with Crippen LogP contribution < -0.4 is 0 Å². The summed E-state index contributed by atoms with van der Waals surface area (Å²) in [4.78, 5) is 0. The van der Waals surface area contributed by atoms with Gasteiger partial charge in [0.15, 0.2) is 0 Å². The molecule has 0 unspecified atom stereocenters. The largest absolute Gasteiger partial charge is 0.433 e. The normalized spacial score (nSPS) is 22.5. The van der Waals surface area contributed by atoms with Gasteiger partial charge in [-0.15, -0.1) is 0 Å². The number of unbranched alkanes of at least 4 members (excludes halogenated alkanes) is 2. The molecule has 0 N–H and O–H groups in total. The molecular formula is C19H35BO. The molecule has 2 aliphatic carbocycles. The molecule has 0 amide bonds. The minimum absolute atomic E-state index is 0.422. The van der Waals surface area contributed by atoms with Crippen LogP contribution in [0.5, 0.6) is 0 Å². The molecule has 0 heterocycles. The molecule has 120 valence electrons. The molecule has 0 aromatic carbocycles. The van der Waals surface area contributed by atoms with Crippen LogP contribution in [0.1, 0.15) is 90.4 Å². The molecule has 0 bridgehead atoms. The lowest BCUT2D eigenvalue weighted by molar-refractivity contribution is 0.362. The van der Waals surface area contributed by atoms with Gasteiger partial charge in [0, 0.05) is 7.11 Å². The van der Waals surface area contributed by atoms with Crippen LogP contribution in [0.15, 0.2) is 11.5 Å². The van der Waals surface area contributed by atoms with Gasteiger partial charge in [-0.3, -0.25) is 0 Å². The summed E-state index contributed by atoms with van der Waals surface area (Å²) in [6.45, 7) is 2.72. The highest BCUT2D eigenvalue weighted by molar-refractivity contribution is 6.62. The highest BCUT2D eigenvalue weighted by Crippen LogP contribution is 2.39. The maximum atomic E-state index is 6.07. The molecule has 0 aromatic heterocycles. The molecule has 0 saturated heterocycles. The van der Waals surface area contributed by atoms with E-state index in [1.807, 2.05) is 7.11 Å². The first-order valence-electron chi connectivity index (χ1n) is 9.59. The van der Waals surface area contributed by atoms with Gasteiger partial charge in [-0.2, -0.15) is 0 Å². The minimum atomic E-state index is 0.422. The van der Waals surface area contributed by atoms with Crippen LogP contribution in [0.2, 0.25) is 5.82 Å². The van der Waals surface area contributed by atoms with Crippen molar-refractivity contribution in [1.29, 1.82) is 0 Å². The maximum absolute atomic E-state index is 6.07. The fourth-order valence-corrected chi connectivity index (χ4v) is 4.46. The predicted molar refractivity (Wildman–Crippen MR) is 93.8 cm³/mol. The smallest absolute Gasteiger partial charge is 0.325 e. The number of rotatable bonds is 7. The standard InChI is InChI=1S/C19H35BO/c1-3-4-7-16-19(17-12-8-5-9-13-17)20(21-2)18-14-10-6-11-15-18/h16-18H,3-15H2,1-2H3/b19-16-. The fraction of sp³-hybridized carbons (Fsp3) is 0.895. The van der Waals surface area contributed by atoms with Crippen molar-refractivity contribution in [2.75, 3.05) is 7.11 Å². The van der Waals surface area contributed by atoms with Gasteiger partial charge in [0.05, 0.1) is 0 Å². The Labute approximate surface area is 133 Å². The van der Waals surface area contributed by atoms with E-state index in [0.29, 0.717) is 6.92 Å². The van der Waals surface area contributed by atoms with E-state index in [0.717, 1.165) is 11.7 Å². The van der Waals surface area contributed by atoms with E-state index in [2.05, 4.69) is 13.0 Å². The van der Waals surface area contributed by atoms with Crippen molar-refractivity contribution in [3.63, 3.8) is 0 Å². The van der Waals surface area contributed by atoms with Crippen molar-refractivity contribution in [3.05, 3.63) is 11.5 Å². The molecule has 2 saturated carbocycles. The van der Waals surface area contributed by atoms with E-state index in [-0.39, 0.29) is 0 Å². The Morgan fingerprint density at radius 1 is 1.00 bits per heavy atom. The van der Waals surface area contributed by atoms with E-state index in [1.165, 1.54) is 83.5 Å². The molecule has 1 nitrogen and oxygen atoms in total. The Hall–Kier alpha value is -0.235. The van der Waals surface area contributed by atoms with Gasteiger partial charge in [0.2, 0.25) is 0 Å². The highest BCUT2D eigenvalue weighted by atomic mass is 16.4. The van der Waals surface area contributed by atoms with Crippen LogP contribution >= 0.6 is 0 Å². The average Bonchev–Trinajstić information content (AvgIpc) is 2.56. The second-order valence-electron chi connectivity index (χ2n) is 7.24. The monoisotopic (exact) mass is 290 g/mol. The van der Waals surface area contributed by atoms with Crippen LogP contribution in [0, 0.1) is 5.92 Å². The molecule has 0 aliphatic heterocycles. The second-order valence-corrected chi connectivity index (χ2v) is 7.24. The third-order valence-electron chi connectivity index (χ3n) is 5.67. The SMILES string of the molecule is CCCC/C=C(\B(OC)C1CCCCC1)C1CCCCC1. The Morgan fingerprint density at radius 3 is 2.19 bits per heavy atom. The van der Waals surface area contributed by atoms with Crippen molar-refractivity contribution in [3.8, 4) is 0 Å². The third kappa shape index (κ3) is 5.16. The van der Waals surface area contributed by atoms with Crippen LogP contribution in [0.3, 0.4) is 0 Å². The first kappa shape index (κ1) is 17.1. The van der Waals surface area contributed by atoms with Crippen molar-refractivity contribution in [2.45, 2.75) is 96.2 Å². The summed E-state index contributed by atoms with van der Waals surface area (Å²) in [5.74, 6) is 1.61. The maximum Gasteiger partial charge on any atom is 0.325 e. The number of hydrogen-bond acceptors (Lipinski definition) is 1. The zero-order chi connectivity index (χ0) is 14.9. The van der Waals surface area contributed by atoms with Crippen molar-refractivity contribution < 1.29 is 4.65 Å². The summed E-state index contributed by atoms with van der Waals surface area (Å²) >= 11 is 0. The predicted octanol–water partition coefficient (Wildman–Crippen LogP) is 6.19. The van der Waals surface area contributed by atoms with Gasteiger partial charge < -0.3 is 4.65 Å². The Balaban J connectivity index is 2.08. The molecular weight excluding hydrogens is 255 g/mol. The molecule has 0 aromatic rings. The lowest BCUT2D eigenvalue weighted by Gasteiger charge is -2.33. The zero-order valence-electron chi connectivity index (χ0n) is 14.4. The summed E-state index contributed by atoms with van der Waals surface area (Å²) in [6, 6.07) is 0. The molecule has 0 radical (unpaired) electrons. The van der Waals surface area contributed by atoms with Gasteiger partial charge >= 0.3 is 6.92 Å². The summed E-state index contributed by atoms with van der Waals surface area (Å²) in [5.41, 5.74) is 1.69. The Morgan fingerprint density at radius 2 is 1.62 bits per heavy atom. The first-order chi connectivity index (χ1) is 10.4. The van der Waals surface area contributed by atoms with Crippen LogP contribution in [-0.4, -0.2) is 14.0 Å². The van der Waals surface area contributed by atoms with E-state index in [1.54, 1.807) is 5.47 Å². The van der Waals surface area contributed by atoms with E-state index < -0.39 is 0 Å². The molecule has 2 rings (SSSR count). The number of hydrogen-bond donors (Lipinski definition) is 0. The average molecular weight is 290 g/mol. The van der Waals surface area contributed by atoms with Crippen molar-refractivity contribution >= 4 is 6.92 Å². The van der Waals surface area contributed by atoms with Gasteiger partial charge in [-0.25, -0.2) is 0 Å². The van der Waals surface area contributed by atoms with Crippen molar-refractivity contribution in [2.24, 2.45) is 5.92 Å². The summed E-state index contributed by atoms with van der Waals surface area (Å²) < 4.78 is 6.07. The van der Waals surface area contributed by atoms with Gasteiger partial charge in [-0.05, 0) is 31.0 Å². The molecule has 0 spiro atoms. The Kier molecular flexibility index (Phi) is 7.92. The lowest BCUT2D eigenvalue weighted by Crippen LogP contribution is -2.32. The van der Waals surface area contributed by atoms with Gasteiger partial charge in [0.25, 0.3) is 0 Å². The first-order valence-corrected chi connectivity index (χ1v) is 9.59. The van der Waals surface area contributed by atoms with Crippen LogP contribution in [-0.2, 0) is 4.65 Å². The lowest BCUT2D eigenvalue weighted by atomic mass is 9.44. The minimum Gasteiger partial charge on any atom is -0.433 e. The summed E-state index contributed by atoms with van der Waals surface area (Å²) in [6.07, 6.45) is 20.6. The Bertz CT molecular complexity index is 301. The second kappa shape index (κ2) is 9.72. The van der Waals surface area contributed by atoms with Gasteiger partial charge in [-0.1, -0.05) is 82.7 Å². The summed E-state index contributed by atoms with van der Waals surface area (Å²) in [5, 5.41) is 0. The molecule has 21 heavy (non-hydrogen) atoms. The highest BCUT2D eigenvalue weighted by Gasteiger charge is 2.35. The zero-order valence-corrected chi connectivity index (χ0v) is 14.4. The van der Waals surface area contributed by atoms with E-state index >= 15 is 0 Å². The van der Waals surface area contributed by atoms with Crippen LogP contribution in [0.25, 0.3) is 0 Å².